The number of nitrogens with zero attached hydrogens (tertiary/aromatic N) is 2. The number of likely N-dealkylation sites (N-methyl/N-ethyl adjacent to an activating group) is 1. The molecule has 0 aliphatic rings. The minimum atomic E-state index is -0.325. The molecule has 0 heterocycles. The molecule has 0 amide bonds. The molecule has 0 spiro atoms. The normalized spacial score (nSPS) is 10.7. The summed E-state index contributed by atoms with van der Waals surface area (Å²) in [7, 11) is 3.26. The third kappa shape index (κ3) is 3.63. The Morgan fingerprint density at radius 2 is 2.28 bits per heavy atom. The van der Waals surface area contributed by atoms with Gasteiger partial charge in [0, 0.05) is 24.9 Å². The lowest BCUT2D eigenvalue weighted by molar-refractivity contribution is -0.136. The summed E-state index contributed by atoms with van der Waals surface area (Å²) in [4.78, 5) is 13.2. The number of nitriles is 1. The van der Waals surface area contributed by atoms with E-state index < -0.39 is 0 Å². The molecule has 94 valence electrons. The number of rotatable bonds is 4. The average molecular weight is 244 g/mol. The number of hydrogen-bond donors (Lipinski definition) is 0. The van der Waals surface area contributed by atoms with Crippen molar-refractivity contribution in [2.75, 3.05) is 25.6 Å². The maximum absolute atomic E-state index is 11.2. The zero-order valence-electron chi connectivity index (χ0n) is 10.8. The Hall–Kier alpha value is -2.28. The molecular formula is C14H16N2O2. The zero-order chi connectivity index (χ0) is 13.5. The van der Waals surface area contributed by atoms with Gasteiger partial charge < -0.3 is 9.64 Å². The monoisotopic (exact) mass is 244 g/mol. The topological polar surface area (TPSA) is 53.3 Å². The Morgan fingerprint density at radius 3 is 2.89 bits per heavy atom. The van der Waals surface area contributed by atoms with Crippen LogP contribution in [0.25, 0.3) is 0 Å². The summed E-state index contributed by atoms with van der Waals surface area (Å²) in [5.74, 6) is -0.325. The number of methoxy groups -OCH3 is 1. The van der Waals surface area contributed by atoms with Gasteiger partial charge in [-0.15, -0.1) is 0 Å². The van der Waals surface area contributed by atoms with Gasteiger partial charge in [-0.25, -0.2) is 4.79 Å². The molecule has 1 aromatic carbocycles. The first-order chi connectivity index (χ1) is 8.58. The highest BCUT2D eigenvalue weighted by atomic mass is 16.5. The van der Waals surface area contributed by atoms with Crippen molar-refractivity contribution < 1.29 is 9.53 Å². The lowest BCUT2D eigenvalue weighted by Gasteiger charge is -2.17. The van der Waals surface area contributed by atoms with Crippen LogP contribution in [0, 0.1) is 11.3 Å². The van der Waals surface area contributed by atoms with Crippen LogP contribution in [-0.2, 0) is 9.53 Å². The van der Waals surface area contributed by atoms with Crippen LogP contribution in [0.2, 0.25) is 0 Å². The maximum atomic E-state index is 11.2. The second-order valence-electron chi connectivity index (χ2n) is 3.92. The van der Waals surface area contributed by atoms with E-state index in [-0.39, 0.29) is 5.97 Å². The van der Waals surface area contributed by atoms with Crippen LogP contribution in [0.1, 0.15) is 12.5 Å². The van der Waals surface area contributed by atoms with Crippen molar-refractivity contribution in [3.05, 3.63) is 41.5 Å². The van der Waals surface area contributed by atoms with Crippen molar-refractivity contribution in [3.8, 4) is 6.07 Å². The van der Waals surface area contributed by atoms with Crippen LogP contribution >= 0.6 is 0 Å². The van der Waals surface area contributed by atoms with E-state index >= 15 is 0 Å². The number of hydrogen-bond acceptors (Lipinski definition) is 4. The van der Waals surface area contributed by atoms with Gasteiger partial charge in [0.25, 0.3) is 0 Å². The van der Waals surface area contributed by atoms with E-state index in [0.717, 1.165) is 5.69 Å². The average Bonchev–Trinajstić information content (AvgIpc) is 2.43. The lowest BCUT2D eigenvalue weighted by atomic mass is 10.2. The van der Waals surface area contributed by atoms with E-state index in [9.17, 15) is 4.79 Å². The molecule has 0 saturated carbocycles. The summed E-state index contributed by atoms with van der Waals surface area (Å²) in [6.45, 7) is 2.29. The fraction of sp³-hybridized carbons (Fsp3) is 0.286. The maximum Gasteiger partial charge on any atom is 0.333 e. The lowest BCUT2D eigenvalue weighted by Crippen LogP contribution is -2.18. The van der Waals surface area contributed by atoms with Crippen molar-refractivity contribution in [1.82, 2.24) is 0 Å². The molecule has 0 saturated heterocycles. The summed E-state index contributed by atoms with van der Waals surface area (Å²) in [5.41, 5.74) is 2.12. The van der Waals surface area contributed by atoms with E-state index in [1.807, 2.05) is 24.1 Å². The molecule has 0 bridgehead atoms. The van der Waals surface area contributed by atoms with E-state index in [1.54, 1.807) is 25.1 Å². The first kappa shape index (κ1) is 13.8. The van der Waals surface area contributed by atoms with Gasteiger partial charge in [0.1, 0.15) is 0 Å². The second-order valence-corrected chi connectivity index (χ2v) is 3.92. The van der Waals surface area contributed by atoms with Crippen molar-refractivity contribution in [2.45, 2.75) is 6.92 Å². The van der Waals surface area contributed by atoms with Gasteiger partial charge in [-0.2, -0.15) is 5.26 Å². The molecule has 0 aliphatic carbocycles. The Kier molecular flexibility index (Phi) is 4.94. The third-order valence-corrected chi connectivity index (χ3v) is 2.59. The molecule has 18 heavy (non-hydrogen) atoms. The summed E-state index contributed by atoms with van der Waals surface area (Å²) in [6.07, 6.45) is 1.80. The van der Waals surface area contributed by atoms with Crippen LogP contribution in [0.15, 0.2) is 35.9 Å². The van der Waals surface area contributed by atoms with E-state index in [1.165, 1.54) is 7.11 Å². The first-order valence-corrected chi connectivity index (χ1v) is 5.55. The Balaban J connectivity index is 2.74. The first-order valence-electron chi connectivity index (χ1n) is 5.55. The van der Waals surface area contributed by atoms with Gasteiger partial charge in [-0.3, -0.25) is 0 Å². The number of benzene rings is 1. The Labute approximate surface area is 107 Å². The smallest absolute Gasteiger partial charge is 0.333 e. The molecule has 0 radical (unpaired) electrons. The van der Waals surface area contributed by atoms with Gasteiger partial charge in [0.05, 0.1) is 18.7 Å². The molecule has 0 N–H and O–H groups in total. The molecule has 0 aromatic heterocycles. The SMILES string of the molecule is COC(=O)C(C)=CCN(C)c1cccc(C#N)c1. The number of anilines is 1. The minimum absolute atomic E-state index is 0.325. The summed E-state index contributed by atoms with van der Waals surface area (Å²) >= 11 is 0. The van der Waals surface area contributed by atoms with Gasteiger partial charge in [-0.05, 0) is 25.1 Å². The van der Waals surface area contributed by atoms with E-state index in [4.69, 9.17) is 5.26 Å². The van der Waals surface area contributed by atoms with E-state index in [2.05, 4.69) is 10.8 Å². The van der Waals surface area contributed by atoms with Crippen molar-refractivity contribution in [2.24, 2.45) is 0 Å². The molecule has 1 rings (SSSR count). The Bertz CT molecular complexity index is 501. The van der Waals surface area contributed by atoms with Crippen molar-refractivity contribution >= 4 is 11.7 Å². The van der Waals surface area contributed by atoms with Gasteiger partial charge in [-0.1, -0.05) is 12.1 Å². The number of esters is 1. The zero-order valence-corrected chi connectivity index (χ0v) is 10.8. The predicted molar refractivity (Wildman–Crippen MR) is 70.2 cm³/mol. The molecule has 4 nitrogen and oxygen atoms in total. The molecular weight excluding hydrogens is 228 g/mol. The molecule has 1 aromatic rings. The van der Waals surface area contributed by atoms with Crippen LogP contribution in [0.4, 0.5) is 5.69 Å². The van der Waals surface area contributed by atoms with Crippen LogP contribution in [0.5, 0.6) is 0 Å². The van der Waals surface area contributed by atoms with Crippen molar-refractivity contribution in [1.29, 1.82) is 5.26 Å². The standard InChI is InChI=1S/C14H16N2O2/c1-11(14(17)18-3)7-8-16(2)13-6-4-5-12(9-13)10-15/h4-7,9H,8H2,1-3H3. The minimum Gasteiger partial charge on any atom is -0.466 e. The summed E-state index contributed by atoms with van der Waals surface area (Å²) in [6, 6.07) is 9.42. The van der Waals surface area contributed by atoms with Gasteiger partial charge in [0.2, 0.25) is 0 Å². The Morgan fingerprint density at radius 1 is 1.56 bits per heavy atom. The third-order valence-electron chi connectivity index (χ3n) is 2.59. The second kappa shape index (κ2) is 6.45. The van der Waals surface area contributed by atoms with Crippen molar-refractivity contribution in [3.63, 3.8) is 0 Å². The highest BCUT2D eigenvalue weighted by Gasteiger charge is 2.04. The fourth-order valence-corrected chi connectivity index (χ4v) is 1.44. The van der Waals surface area contributed by atoms with E-state index in [0.29, 0.717) is 17.7 Å². The van der Waals surface area contributed by atoms with Gasteiger partial charge in [0.15, 0.2) is 0 Å². The fourth-order valence-electron chi connectivity index (χ4n) is 1.44. The number of carbonyl (C=O) groups excluding carboxylic acids is 1. The quantitative estimate of drug-likeness (QED) is 0.601. The molecule has 0 unspecified atom stereocenters. The molecule has 0 aliphatic heterocycles. The molecule has 4 heteroatoms. The largest absolute Gasteiger partial charge is 0.466 e. The summed E-state index contributed by atoms with van der Waals surface area (Å²) in [5, 5.41) is 8.83. The predicted octanol–water partition coefficient (Wildman–Crippen LogP) is 2.11. The molecule has 0 atom stereocenters. The number of carbonyl (C=O) groups is 1. The van der Waals surface area contributed by atoms with Crippen LogP contribution in [0.3, 0.4) is 0 Å². The molecule has 0 fully saturated rings. The highest BCUT2D eigenvalue weighted by Crippen LogP contribution is 2.14. The highest BCUT2D eigenvalue weighted by molar-refractivity contribution is 5.87. The van der Waals surface area contributed by atoms with Crippen LogP contribution < -0.4 is 4.90 Å². The summed E-state index contributed by atoms with van der Waals surface area (Å²) < 4.78 is 4.62. The van der Waals surface area contributed by atoms with Crippen LogP contribution in [-0.4, -0.2) is 26.7 Å². The number of ether oxygens (including phenoxy) is 1. The van der Waals surface area contributed by atoms with Gasteiger partial charge >= 0.3 is 5.97 Å².